The molecule has 2 rings (SSSR count). The third-order valence-electron chi connectivity index (χ3n) is 5.10. The van der Waals surface area contributed by atoms with Crippen LogP contribution in [0.2, 0.25) is 0 Å². The molecule has 0 heterocycles. The first-order valence-electron chi connectivity index (χ1n) is 8.68. The molecule has 1 fully saturated rings. The molecule has 0 unspecified atom stereocenters. The SMILES string of the molecule is Cc1ccc(C)c(OC[C@H](O)C[NH2+]C2CCC(C)CC2)c1C. The molecule has 3 nitrogen and oxygen atoms in total. The van der Waals surface area contributed by atoms with Crippen LogP contribution in [0.3, 0.4) is 0 Å². The zero-order valence-electron chi connectivity index (χ0n) is 14.6. The Bertz CT molecular complexity index is 479. The molecule has 0 aromatic heterocycles. The maximum atomic E-state index is 10.2. The maximum absolute atomic E-state index is 10.2. The highest BCUT2D eigenvalue weighted by Gasteiger charge is 2.21. The lowest BCUT2D eigenvalue weighted by Gasteiger charge is -2.25. The van der Waals surface area contributed by atoms with E-state index in [0.717, 1.165) is 23.8 Å². The van der Waals surface area contributed by atoms with Crippen molar-refractivity contribution in [1.29, 1.82) is 0 Å². The van der Waals surface area contributed by atoms with Crippen LogP contribution in [0.5, 0.6) is 5.75 Å². The van der Waals surface area contributed by atoms with E-state index in [4.69, 9.17) is 4.74 Å². The van der Waals surface area contributed by atoms with Gasteiger partial charge in [-0.15, -0.1) is 0 Å². The van der Waals surface area contributed by atoms with Gasteiger partial charge in [-0.05, 0) is 69.1 Å². The number of benzene rings is 1. The van der Waals surface area contributed by atoms with E-state index in [1.807, 2.05) is 0 Å². The number of quaternary nitrogens is 1. The summed E-state index contributed by atoms with van der Waals surface area (Å²) in [5, 5.41) is 12.5. The largest absolute Gasteiger partial charge is 0.490 e. The first kappa shape index (κ1) is 17.3. The topological polar surface area (TPSA) is 46.1 Å². The van der Waals surface area contributed by atoms with E-state index in [0.29, 0.717) is 12.6 Å². The van der Waals surface area contributed by atoms with Gasteiger partial charge in [0.15, 0.2) is 0 Å². The molecule has 1 atom stereocenters. The summed E-state index contributed by atoms with van der Waals surface area (Å²) in [7, 11) is 0. The minimum absolute atomic E-state index is 0.380. The highest BCUT2D eigenvalue weighted by atomic mass is 16.5. The molecule has 0 saturated heterocycles. The van der Waals surface area contributed by atoms with Crippen LogP contribution < -0.4 is 10.1 Å². The van der Waals surface area contributed by atoms with Crippen molar-refractivity contribution in [3.8, 4) is 5.75 Å². The average Bonchev–Trinajstić information content (AvgIpc) is 2.50. The summed E-state index contributed by atoms with van der Waals surface area (Å²) < 4.78 is 5.90. The third kappa shape index (κ3) is 4.72. The summed E-state index contributed by atoms with van der Waals surface area (Å²) in [6.07, 6.45) is 4.82. The second kappa shape index (κ2) is 7.98. The van der Waals surface area contributed by atoms with Crippen molar-refractivity contribution in [3.63, 3.8) is 0 Å². The summed E-state index contributed by atoms with van der Waals surface area (Å²) in [5.74, 6) is 1.82. The molecule has 1 saturated carbocycles. The summed E-state index contributed by atoms with van der Waals surface area (Å²) >= 11 is 0. The number of ether oxygens (including phenoxy) is 1. The molecule has 124 valence electrons. The van der Waals surface area contributed by atoms with Gasteiger partial charge < -0.3 is 15.2 Å². The van der Waals surface area contributed by atoms with Crippen LogP contribution in [0, 0.1) is 26.7 Å². The fraction of sp³-hybridized carbons (Fsp3) is 0.684. The van der Waals surface area contributed by atoms with Crippen molar-refractivity contribution >= 4 is 0 Å². The Labute approximate surface area is 135 Å². The smallest absolute Gasteiger partial charge is 0.137 e. The standard InChI is InChI=1S/C19H31NO2/c1-13-5-9-17(10-6-13)20-11-18(21)12-22-19-15(3)8-7-14(2)16(19)4/h7-8,13,17-18,20-21H,5-6,9-12H2,1-4H3/p+1/t13?,17?,18-/m1/s1. The molecule has 1 aliphatic carbocycles. The van der Waals surface area contributed by atoms with Crippen LogP contribution in [0.15, 0.2) is 12.1 Å². The molecular weight excluding hydrogens is 274 g/mol. The van der Waals surface area contributed by atoms with Crippen LogP contribution in [-0.2, 0) is 0 Å². The zero-order valence-corrected chi connectivity index (χ0v) is 14.6. The Balaban J connectivity index is 1.76. The molecule has 3 N–H and O–H groups in total. The second-order valence-corrected chi connectivity index (χ2v) is 7.11. The first-order chi connectivity index (χ1) is 10.5. The summed E-state index contributed by atoms with van der Waals surface area (Å²) in [6.45, 7) is 9.69. The fourth-order valence-corrected chi connectivity index (χ4v) is 3.27. The van der Waals surface area contributed by atoms with Gasteiger partial charge in [0, 0.05) is 0 Å². The summed E-state index contributed by atoms with van der Waals surface area (Å²) in [4.78, 5) is 0. The van der Waals surface area contributed by atoms with Crippen LogP contribution in [0.25, 0.3) is 0 Å². The van der Waals surface area contributed by atoms with Gasteiger partial charge in [-0.3, -0.25) is 0 Å². The average molecular weight is 306 g/mol. The van der Waals surface area contributed by atoms with Gasteiger partial charge in [-0.25, -0.2) is 0 Å². The number of hydrogen-bond acceptors (Lipinski definition) is 2. The summed E-state index contributed by atoms with van der Waals surface area (Å²) in [6, 6.07) is 4.89. The normalized spacial score (nSPS) is 23.3. The molecule has 0 bridgehead atoms. The van der Waals surface area contributed by atoms with Crippen molar-refractivity contribution in [1.82, 2.24) is 0 Å². The van der Waals surface area contributed by atoms with Crippen molar-refractivity contribution in [2.75, 3.05) is 13.2 Å². The lowest BCUT2D eigenvalue weighted by atomic mass is 9.87. The molecule has 3 heteroatoms. The minimum atomic E-state index is -0.404. The monoisotopic (exact) mass is 306 g/mol. The lowest BCUT2D eigenvalue weighted by molar-refractivity contribution is -0.697. The van der Waals surface area contributed by atoms with E-state index in [2.05, 4.69) is 45.1 Å². The lowest BCUT2D eigenvalue weighted by Crippen LogP contribution is -2.92. The van der Waals surface area contributed by atoms with Crippen molar-refractivity contribution < 1.29 is 15.2 Å². The van der Waals surface area contributed by atoms with Crippen molar-refractivity contribution in [2.24, 2.45) is 5.92 Å². The van der Waals surface area contributed by atoms with Crippen LogP contribution in [0.1, 0.15) is 49.3 Å². The van der Waals surface area contributed by atoms with E-state index in [1.165, 1.54) is 36.8 Å². The van der Waals surface area contributed by atoms with E-state index >= 15 is 0 Å². The molecule has 0 radical (unpaired) electrons. The van der Waals surface area contributed by atoms with Crippen LogP contribution in [-0.4, -0.2) is 30.4 Å². The molecule has 22 heavy (non-hydrogen) atoms. The zero-order chi connectivity index (χ0) is 16.1. The van der Waals surface area contributed by atoms with Gasteiger partial charge in [0.25, 0.3) is 0 Å². The van der Waals surface area contributed by atoms with Crippen LogP contribution in [0.4, 0.5) is 0 Å². The molecular formula is C19H32NO2+. The molecule has 0 spiro atoms. The predicted octanol–water partition coefficient (Wildman–Crippen LogP) is 2.49. The number of nitrogens with two attached hydrogens (primary N) is 1. The Kier molecular flexibility index (Phi) is 6.27. The number of aliphatic hydroxyl groups excluding tert-OH is 1. The molecule has 1 aromatic carbocycles. The Morgan fingerprint density at radius 2 is 1.77 bits per heavy atom. The Hall–Kier alpha value is -1.06. The quantitative estimate of drug-likeness (QED) is 0.848. The Morgan fingerprint density at radius 3 is 2.45 bits per heavy atom. The fourth-order valence-electron chi connectivity index (χ4n) is 3.27. The predicted molar refractivity (Wildman–Crippen MR) is 90.4 cm³/mol. The van der Waals surface area contributed by atoms with Gasteiger partial charge in [0.05, 0.1) is 6.04 Å². The molecule has 0 amide bonds. The molecule has 1 aromatic rings. The van der Waals surface area contributed by atoms with Gasteiger partial charge in [0.2, 0.25) is 0 Å². The van der Waals surface area contributed by atoms with Crippen LogP contribution >= 0.6 is 0 Å². The first-order valence-corrected chi connectivity index (χ1v) is 8.68. The van der Waals surface area contributed by atoms with Crippen molar-refractivity contribution in [3.05, 3.63) is 28.8 Å². The number of aryl methyl sites for hydroxylation is 2. The highest BCUT2D eigenvalue weighted by molar-refractivity contribution is 5.44. The number of rotatable bonds is 6. The highest BCUT2D eigenvalue weighted by Crippen LogP contribution is 2.25. The second-order valence-electron chi connectivity index (χ2n) is 7.11. The van der Waals surface area contributed by atoms with Crippen molar-refractivity contribution in [2.45, 2.75) is 65.5 Å². The van der Waals surface area contributed by atoms with Gasteiger partial charge in [-0.2, -0.15) is 0 Å². The number of hydrogen-bond donors (Lipinski definition) is 2. The van der Waals surface area contributed by atoms with E-state index in [9.17, 15) is 5.11 Å². The number of aliphatic hydroxyl groups is 1. The van der Waals surface area contributed by atoms with Gasteiger partial charge >= 0.3 is 0 Å². The molecule has 0 aliphatic heterocycles. The Morgan fingerprint density at radius 1 is 1.14 bits per heavy atom. The van der Waals surface area contributed by atoms with Gasteiger partial charge in [0.1, 0.15) is 25.0 Å². The maximum Gasteiger partial charge on any atom is 0.137 e. The summed E-state index contributed by atoms with van der Waals surface area (Å²) in [5.41, 5.74) is 3.55. The van der Waals surface area contributed by atoms with E-state index < -0.39 is 6.10 Å². The third-order valence-corrected chi connectivity index (χ3v) is 5.10. The molecule has 1 aliphatic rings. The van der Waals surface area contributed by atoms with Gasteiger partial charge in [-0.1, -0.05) is 19.1 Å². The minimum Gasteiger partial charge on any atom is -0.490 e. The van der Waals surface area contributed by atoms with E-state index in [1.54, 1.807) is 0 Å². The van der Waals surface area contributed by atoms with E-state index in [-0.39, 0.29) is 0 Å².